The molecule has 13 nitrogen and oxygen atoms in total. The van der Waals surface area contributed by atoms with Gasteiger partial charge in [-0.15, -0.1) is 0 Å². The summed E-state index contributed by atoms with van der Waals surface area (Å²) < 4.78 is 31.1. The second-order valence-electron chi connectivity index (χ2n) is 6.48. The number of rotatable bonds is 5. The van der Waals surface area contributed by atoms with Crippen molar-refractivity contribution in [3.63, 3.8) is 0 Å². The number of nitrogen functional groups attached to an aromatic ring is 1. The summed E-state index contributed by atoms with van der Waals surface area (Å²) in [5.41, 5.74) is 6.41. The number of fused-ring (bicyclic) bond motifs is 1. The van der Waals surface area contributed by atoms with Crippen molar-refractivity contribution in [2.24, 2.45) is 0 Å². The number of ether oxygens (including phenoxy) is 2. The molecule has 0 radical (unpaired) electrons. The number of hydrogen-bond donors (Lipinski definition) is 4. The van der Waals surface area contributed by atoms with E-state index in [-0.39, 0.29) is 25.5 Å². The maximum absolute atomic E-state index is 12.4. The van der Waals surface area contributed by atoms with Crippen LogP contribution in [0, 0.1) is 0 Å². The molecule has 14 heteroatoms. The normalized spacial score (nSPS) is 31.2. The minimum absolute atomic E-state index is 0.170. The van der Waals surface area contributed by atoms with E-state index in [2.05, 4.69) is 15.0 Å². The van der Waals surface area contributed by atoms with Gasteiger partial charge < -0.3 is 30.3 Å². The zero-order valence-electron chi connectivity index (χ0n) is 14.7. The van der Waals surface area contributed by atoms with Crippen LogP contribution >= 0.6 is 7.75 Å². The Morgan fingerprint density at radius 3 is 2.75 bits per heavy atom. The van der Waals surface area contributed by atoms with Crippen LogP contribution < -0.4 is 5.73 Å². The Morgan fingerprint density at radius 2 is 2.00 bits per heavy atom. The van der Waals surface area contributed by atoms with Gasteiger partial charge in [0, 0.05) is 13.1 Å². The van der Waals surface area contributed by atoms with Crippen molar-refractivity contribution in [3.05, 3.63) is 12.7 Å². The molecule has 2 aliphatic heterocycles. The minimum Gasteiger partial charge on any atom is -0.387 e. The van der Waals surface area contributed by atoms with Crippen molar-refractivity contribution < 1.29 is 33.7 Å². The number of hydrogen-bond acceptors (Lipinski definition) is 10. The Balaban J connectivity index is 1.47. The molecule has 0 spiro atoms. The van der Waals surface area contributed by atoms with Gasteiger partial charge in [0.15, 0.2) is 17.7 Å². The molecule has 28 heavy (non-hydrogen) atoms. The predicted octanol–water partition coefficient (Wildman–Crippen LogP) is -1.52. The number of aliphatic hydroxyl groups excluding tert-OH is 2. The summed E-state index contributed by atoms with van der Waals surface area (Å²) in [5, 5.41) is 20.7. The van der Waals surface area contributed by atoms with Gasteiger partial charge in [-0.3, -0.25) is 9.09 Å². The number of aliphatic hydroxyl groups is 2. The molecule has 0 aliphatic carbocycles. The summed E-state index contributed by atoms with van der Waals surface area (Å²) in [6.45, 7) is 0.792. The monoisotopic (exact) mass is 416 g/mol. The van der Waals surface area contributed by atoms with Crippen LogP contribution in [0.2, 0.25) is 0 Å². The third kappa shape index (κ3) is 3.51. The van der Waals surface area contributed by atoms with Crippen molar-refractivity contribution in [2.45, 2.75) is 24.5 Å². The smallest absolute Gasteiger partial charge is 0.387 e. The second-order valence-corrected chi connectivity index (χ2v) is 8.29. The molecule has 0 aromatic carbocycles. The third-order valence-corrected chi connectivity index (χ3v) is 6.35. The fraction of sp³-hybridized carbons (Fsp3) is 0.643. The fourth-order valence-corrected chi connectivity index (χ4v) is 4.38. The van der Waals surface area contributed by atoms with E-state index in [1.54, 1.807) is 0 Å². The molecule has 0 saturated carbocycles. The summed E-state index contributed by atoms with van der Waals surface area (Å²) in [4.78, 5) is 22.2. The van der Waals surface area contributed by atoms with E-state index in [1.807, 2.05) is 0 Å². The highest BCUT2D eigenvalue weighted by Gasteiger charge is 2.45. The molecular weight excluding hydrogens is 395 g/mol. The first kappa shape index (κ1) is 19.6. The first-order valence-corrected chi connectivity index (χ1v) is 10.2. The Morgan fingerprint density at radius 1 is 1.25 bits per heavy atom. The molecule has 0 amide bonds. The Hall–Kier alpha value is -1.70. The third-order valence-electron chi connectivity index (χ3n) is 4.75. The Bertz CT molecular complexity index is 890. The van der Waals surface area contributed by atoms with Gasteiger partial charge in [-0.1, -0.05) is 0 Å². The molecule has 5 N–H and O–H groups in total. The lowest BCUT2D eigenvalue weighted by atomic mass is 10.1. The molecule has 2 saturated heterocycles. The quantitative estimate of drug-likeness (QED) is 0.414. The minimum atomic E-state index is -4.07. The lowest BCUT2D eigenvalue weighted by Crippen LogP contribution is -2.36. The predicted molar refractivity (Wildman–Crippen MR) is 93.8 cm³/mol. The summed E-state index contributed by atoms with van der Waals surface area (Å²) in [5.74, 6) is 0.170. The highest BCUT2D eigenvalue weighted by molar-refractivity contribution is 7.50. The van der Waals surface area contributed by atoms with E-state index in [0.717, 1.165) is 0 Å². The van der Waals surface area contributed by atoms with Crippen molar-refractivity contribution in [2.75, 3.05) is 38.6 Å². The molecule has 0 bridgehead atoms. The van der Waals surface area contributed by atoms with Crippen LogP contribution in [-0.2, 0) is 18.6 Å². The lowest BCUT2D eigenvalue weighted by Gasteiger charge is -2.30. The van der Waals surface area contributed by atoms with Crippen molar-refractivity contribution in [3.8, 4) is 0 Å². The number of nitrogens with two attached hydrogens (primary N) is 1. The molecule has 2 aliphatic rings. The van der Waals surface area contributed by atoms with E-state index in [4.69, 9.17) is 19.7 Å². The largest absolute Gasteiger partial charge is 0.405 e. The number of morpholine rings is 1. The molecule has 2 aromatic rings. The standard InChI is InChI=1S/C14H21N6O7P/c15-12-9-13(17-6-16-12)20(7-18-9)14-11(22)10(21)8(27-14)5-26-28(23,24)19-1-3-25-4-2-19/h6-8,10-11,14,21-22H,1-5H2,(H,23,24)(H2,15,16,17)/t8-,10?,11+,14-/m0/s1. The van der Waals surface area contributed by atoms with Gasteiger partial charge in [-0.05, 0) is 0 Å². The molecule has 2 aromatic heterocycles. The average Bonchev–Trinajstić information content (AvgIpc) is 3.24. The molecule has 5 atom stereocenters. The summed E-state index contributed by atoms with van der Waals surface area (Å²) in [6.07, 6.45) is -2.11. The topological polar surface area (TPSA) is 178 Å². The number of anilines is 1. The SMILES string of the molecule is Nc1ncnc2c1ncn2[C@H]1O[C@@H](COP(=O)(O)N2CCOCC2)C(O)[C@H]1O. The first-order chi connectivity index (χ1) is 13.4. The highest BCUT2D eigenvalue weighted by Crippen LogP contribution is 2.47. The lowest BCUT2D eigenvalue weighted by molar-refractivity contribution is -0.0507. The Kier molecular flexibility index (Phi) is 5.33. The van der Waals surface area contributed by atoms with E-state index in [1.165, 1.54) is 21.9 Å². The van der Waals surface area contributed by atoms with Crippen molar-refractivity contribution in [1.82, 2.24) is 24.2 Å². The van der Waals surface area contributed by atoms with Crippen LogP contribution in [0.25, 0.3) is 11.2 Å². The van der Waals surface area contributed by atoms with Gasteiger partial charge >= 0.3 is 7.75 Å². The van der Waals surface area contributed by atoms with E-state index < -0.39 is 32.3 Å². The summed E-state index contributed by atoms with van der Waals surface area (Å²) >= 11 is 0. The van der Waals surface area contributed by atoms with Crippen molar-refractivity contribution in [1.29, 1.82) is 0 Å². The molecule has 154 valence electrons. The molecular formula is C14H21N6O7P. The Labute approximate surface area is 159 Å². The van der Waals surface area contributed by atoms with Gasteiger partial charge in [0.1, 0.15) is 30.2 Å². The summed E-state index contributed by atoms with van der Waals surface area (Å²) in [7, 11) is -4.07. The average molecular weight is 416 g/mol. The second kappa shape index (κ2) is 7.61. The zero-order chi connectivity index (χ0) is 19.9. The summed E-state index contributed by atoms with van der Waals surface area (Å²) in [6, 6.07) is 0. The van der Waals surface area contributed by atoms with Gasteiger partial charge in [0.25, 0.3) is 0 Å². The van der Waals surface area contributed by atoms with E-state index >= 15 is 0 Å². The zero-order valence-corrected chi connectivity index (χ0v) is 15.6. The highest BCUT2D eigenvalue weighted by atomic mass is 31.2. The van der Waals surface area contributed by atoms with Crippen LogP contribution in [0.15, 0.2) is 12.7 Å². The van der Waals surface area contributed by atoms with Crippen LogP contribution in [-0.4, -0.2) is 90.5 Å². The van der Waals surface area contributed by atoms with Crippen LogP contribution in [0.3, 0.4) is 0 Å². The van der Waals surface area contributed by atoms with Crippen molar-refractivity contribution >= 4 is 24.7 Å². The molecule has 4 heterocycles. The maximum atomic E-state index is 12.4. The van der Waals surface area contributed by atoms with E-state index in [0.29, 0.717) is 24.4 Å². The van der Waals surface area contributed by atoms with Crippen LogP contribution in [0.4, 0.5) is 5.82 Å². The van der Waals surface area contributed by atoms with E-state index in [9.17, 15) is 19.7 Å². The van der Waals surface area contributed by atoms with Gasteiger partial charge in [-0.2, -0.15) is 0 Å². The maximum Gasteiger partial charge on any atom is 0.405 e. The molecule has 4 rings (SSSR count). The van der Waals surface area contributed by atoms with Gasteiger partial charge in [0.05, 0.1) is 26.1 Å². The molecule has 2 fully saturated rings. The van der Waals surface area contributed by atoms with Crippen LogP contribution in [0.1, 0.15) is 6.23 Å². The number of aromatic nitrogens is 4. The van der Waals surface area contributed by atoms with Gasteiger partial charge in [-0.25, -0.2) is 24.2 Å². The number of imidazole rings is 1. The fourth-order valence-electron chi connectivity index (χ4n) is 3.21. The van der Waals surface area contributed by atoms with Gasteiger partial charge in [0.2, 0.25) is 0 Å². The molecule has 2 unspecified atom stereocenters. The first-order valence-electron chi connectivity index (χ1n) is 8.63. The number of nitrogens with zero attached hydrogens (tertiary/aromatic N) is 5. The van der Waals surface area contributed by atoms with Crippen LogP contribution in [0.5, 0.6) is 0 Å².